The zero-order chi connectivity index (χ0) is 35.0. The summed E-state index contributed by atoms with van der Waals surface area (Å²) in [6.07, 6.45) is 3.99. The number of aryl methyl sites for hydroxylation is 1. The van der Waals surface area contributed by atoms with Crippen molar-refractivity contribution in [3.63, 3.8) is 0 Å². The first-order valence-electron chi connectivity index (χ1n) is 16.9. The summed E-state index contributed by atoms with van der Waals surface area (Å²) in [7, 11) is -3.73. The highest BCUT2D eigenvalue weighted by atomic mass is 32.2. The van der Waals surface area contributed by atoms with E-state index in [1.54, 1.807) is 13.8 Å². The molecule has 0 aromatic heterocycles. The van der Waals surface area contributed by atoms with Gasteiger partial charge in [0.2, 0.25) is 0 Å². The fourth-order valence-electron chi connectivity index (χ4n) is 5.99. The SMILES string of the molecule is CCOC(=O)CCc1cccc(C(CCCC(C)(C)CS(=O)(=O)CC(=O)OCC)(COC2CCCCO2)C(=O)OCc2ccccc2)c1. The van der Waals surface area contributed by atoms with Crippen molar-refractivity contribution in [1.82, 2.24) is 0 Å². The molecule has 1 aliphatic heterocycles. The van der Waals surface area contributed by atoms with Gasteiger partial charge in [0.05, 0.1) is 25.6 Å². The molecule has 266 valence electrons. The first-order chi connectivity index (χ1) is 22.9. The summed E-state index contributed by atoms with van der Waals surface area (Å²) in [5.41, 5.74) is 0.438. The van der Waals surface area contributed by atoms with Gasteiger partial charge in [-0.2, -0.15) is 0 Å². The Labute approximate surface area is 285 Å². The van der Waals surface area contributed by atoms with Crippen LogP contribution in [0.3, 0.4) is 0 Å². The van der Waals surface area contributed by atoms with E-state index in [1.165, 1.54) is 0 Å². The van der Waals surface area contributed by atoms with Gasteiger partial charge >= 0.3 is 17.9 Å². The van der Waals surface area contributed by atoms with E-state index in [0.717, 1.165) is 24.0 Å². The molecule has 0 bridgehead atoms. The van der Waals surface area contributed by atoms with E-state index < -0.39 is 44.6 Å². The van der Waals surface area contributed by atoms with Crippen molar-refractivity contribution in [3.05, 3.63) is 71.3 Å². The number of benzene rings is 2. The molecular formula is C37H52O10S. The second-order valence-corrected chi connectivity index (χ2v) is 15.2. The Kier molecular flexibility index (Phi) is 15.5. The number of carbonyl (C=O) groups excluding carboxylic acids is 3. The second kappa shape index (κ2) is 19.0. The van der Waals surface area contributed by atoms with E-state index >= 15 is 0 Å². The van der Waals surface area contributed by atoms with E-state index in [-0.39, 0.29) is 38.0 Å². The lowest BCUT2D eigenvalue weighted by Gasteiger charge is -2.35. The molecule has 10 nitrogen and oxygen atoms in total. The van der Waals surface area contributed by atoms with Crippen LogP contribution in [0.15, 0.2) is 54.6 Å². The monoisotopic (exact) mass is 688 g/mol. The van der Waals surface area contributed by atoms with Gasteiger partial charge in [0, 0.05) is 13.0 Å². The highest BCUT2D eigenvalue weighted by molar-refractivity contribution is 7.92. The molecule has 1 heterocycles. The van der Waals surface area contributed by atoms with Crippen LogP contribution >= 0.6 is 0 Å². The molecule has 0 aliphatic carbocycles. The van der Waals surface area contributed by atoms with Crippen molar-refractivity contribution in [2.45, 2.75) is 97.4 Å². The van der Waals surface area contributed by atoms with Crippen molar-refractivity contribution >= 4 is 27.7 Å². The molecule has 0 N–H and O–H groups in total. The van der Waals surface area contributed by atoms with Gasteiger partial charge in [0.15, 0.2) is 16.1 Å². The third-order valence-corrected chi connectivity index (χ3v) is 10.3. The molecule has 1 aliphatic rings. The van der Waals surface area contributed by atoms with Crippen molar-refractivity contribution in [2.75, 3.05) is 37.9 Å². The number of ether oxygens (including phenoxy) is 5. The molecule has 1 saturated heterocycles. The third-order valence-electron chi connectivity index (χ3n) is 8.37. The van der Waals surface area contributed by atoms with Crippen LogP contribution in [-0.4, -0.2) is 70.5 Å². The smallest absolute Gasteiger partial charge is 0.321 e. The van der Waals surface area contributed by atoms with E-state index in [0.29, 0.717) is 50.9 Å². The zero-order valence-corrected chi connectivity index (χ0v) is 29.7. The van der Waals surface area contributed by atoms with Gasteiger partial charge in [-0.05, 0) is 74.5 Å². The molecule has 2 atom stereocenters. The summed E-state index contributed by atoms with van der Waals surface area (Å²) in [6, 6.07) is 17.0. The van der Waals surface area contributed by atoms with Crippen molar-refractivity contribution in [2.24, 2.45) is 5.41 Å². The Hall–Kier alpha value is -3.28. The number of hydrogen-bond donors (Lipinski definition) is 0. The molecule has 48 heavy (non-hydrogen) atoms. The van der Waals surface area contributed by atoms with Gasteiger partial charge in [0.1, 0.15) is 17.8 Å². The topological polar surface area (TPSA) is 132 Å². The Balaban J connectivity index is 1.92. The summed E-state index contributed by atoms with van der Waals surface area (Å²) >= 11 is 0. The summed E-state index contributed by atoms with van der Waals surface area (Å²) < 4.78 is 53.9. The fourth-order valence-corrected chi connectivity index (χ4v) is 7.87. The van der Waals surface area contributed by atoms with E-state index in [1.807, 2.05) is 68.4 Å². The molecular weight excluding hydrogens is 636 g/mol. The van der Waals surface area contributed by atoms with Crippen molar-refractivity contribution < 1.29 is 46.5 Å². The van der Waals surface area contributed by atoms with Crippen LogP contribution in [0.4, 0.5) is 0 Å². The molecule has 2 aromatic rings. The third kappa shape index (κ3) is 13.0. The number of sulfone groups is 1. The van der Waals surface area contributed by atoms with Crippen LogP contribution in [0.5, 0.6) is 0 Å². The molecule has 11 heteroatoms. The molecule has 1 fully saturated rings. The number of carbonyl (C=O) groups is 3. The molecule has 0 saturated carbocycles. The van der Waals surface area contributed by atoms with Crippen LogP contribution in [0.2, 0.25) is 0 Å². The summed E-state index contributed by atoms with van der Waals surface area (Å²) in [6.45, 7) is 8.13. The maximum absolute atomic E-state index is 14.4. The van der Waals surface area contributed by atoms with Gasteiger partial charge in [-0.1, -0.05) is 74.9 Å². The van der Waals surface area contributed by atoms with E-state index in [2.05, 4.69) is 0 Å². The number of esters is 3. The van der Waals surface area contributed by atoms with Crippen molar-refractivity contribution in [3.8, 4) is 0 Å². The Morgan fingerprint density at radius 3 is 2.27 bits per heavy atom. The normalized spacial score (nSPS) is 16.5. The standard InChI is InChI=1S/C37H52O10S/c1-5-43-32(38)20-19-29-16-12-17-31(24-29)37(27-47-34-18-10-11-23-45-34,35(40)46-25-30-14-8-7-9-15-30)22-13-21-36(3,4)28-48(41,42)26-33(39)44-6-2/h7-9,12,14-17,24,34H,5-6,10-11,13,18-23,25-28H2,1-4H3. The average Bonchev–Trinajstić information content (AvgIpc) is 3.04. The maximum atomic E-state index is 14.4. The highest BCUT2D eigenvalue weighted by Crippen LogP contribution is 2.37. The summed E-state index contributed by atoms with van der Waals surface area (Å²) in [4.78, 5) is 38.4. The predicted molar refractivity (Wildman–Crippen MR) is 182 cm³/mol. The summed E-state index contributed by atoms with van der Waals surface area (Å²) in [5.74, 6) is -2.40. The largest absolute Gasteiger partial charge is 0.466 e. The van der Waals surface area contributed by atoms with Crippen LogP contribution in [0, 0.1) is 5.41 Å². The zero-order valence-electron chi connectivity index (χ0n) is 28.9. The maximum Gasteiger partial charge on any atom is 0.321 e. The Morgan fingerprint density at radius 2 is 1.58 bits per heavy atom. The second-order valence-electron chi connectivity index (χ2n) is 13.1. The van der Waals surface area contributed by atoms with Gasteiger partial charge in [0.25, 0.3) is 0 Å². The molecule has 0 amide bonds. The van der Waals surface area contributed by atoms with E-state index in [4.69, 9.17) is 23.7 Å². The lowest BCUT2D eigenvalue weighted by Crippen LogP contribution is -2.44. The average molecular weight is 689 g/mol. The minimum Gasteiger partial charge on any atom is -0.466 e. The van der Waals surface area contributed by atoms with Gasteiger partial charge in [-0.15, -0.1) is 0 Å². The molecule has 2 unspecified atom stereocenters. The lowest BCUT2D eigenvalue weighted by atomic mass is 9.74. The first kappa shape index (κ1) is 39.2. The minimum absolute atomic E-state index is 0.00575. The van der Waals surface area contributed by atoms with Crippen molar-refractivity contribution in [1.29, 1.82) is 0 Å². The Morgan fingerprint density at radius 1 is 0.875 bits per heavy atom. The molecule has 3 rings (SSSR count). The highest BCUT2D eigenvalue weighted by Gasteiger charge is 2.43. The van der Waals surface area contributed by atoms with Crippen LogP contribution in [0.25, 0.3) is 0 Å². The van der Waals surface area contributed by atoms with E-state index in [9.17, 15) is 22.8 Å². The van der Waals surface area contributed by atoms with Crippen LogP contribution < -0.4 is 0 Å². The number of hydrogen-bond acceptors (Lipinski definition) is 10. The Bertz CT molecular complexity index is 1420. The van der Waals surface area contributed by atoms with Crippen LogP contribution in [0.1, 0.15) is 89.3 Å². The molecule has 0 spiro atoms. The molecule has 0 radical (unpaired) electrons. The van der Waals surface area contributed by atoms with Gasteiger partial charge < -0.3 is 23.7 Å². The lowest BCUT2D eigenvalue weighted by molar-refractivity contribution is -0.183. The van der Waals surface area contributed by atoms with Gasteiger partial charge in [-0.25, -0.2) is 8.42 Å². The fraction of sp³-hybridized carbons (Fsp3) is 0.595. The minimum atomic E-state index is -3.73. The quantitative estimate of drug-likeness (QED) is 0.123. The summed E-state index contributed by atoms with van der Waals surface area (Å²) in [5, 5.41) is 0. The molecule has 2 aromatic carbocycles. The van der Waals surface area contributed by atoms with Crippen LogP contribution in [-0.2, 0) is 66.3 Å². The van der Waals surface area contributed by atoms with Gasteiger partial charge in [-0.3, -0.25) is 14.4 Å². The number of rotatable bonds is 20. The first-order valence-corrected chi connectivity index (χ1v) is 18.8. The predicted octanol–water partition coefficient (Wildman–Crippen LogP) is 5.88.